The van der Waals surface area contributed by atoms with Crippen molar-refractivity contribution < 1.29 is 19.4 Å². The Morgan fingerprint density at radius 3 is 1.00 bits per heavy atom. The lowest BCUT2D eigenvalue weighted by molar-refractivity contribution is -0.154. The number of aliphatic hydroxyl groups is 1. The number of esters is 1. The van der Waals surface area contributed by atoms with E-state index in [0.29, 0.717) is 19.6 Å². The van der Waals surface area contributed by atoms with E-state index in [1.165, 1.54) is 205 Å². The van der Waals surface area contributed by atoms with Crippen molar-refractivity contribution in [1.29, 1.82) is 0 Å². The van der Waals surface area contributed by atoms with E-state index in [9.17, 15) is 9.90 Å². The summed E-state index contributed by atoms with van der Waals surface area (Å²) in [5.41, 5.74) is 0. The molecule has 0 aliphatic carbocycles. The second-order valence-electron chi connectivity index (χ2n) is 14.8. The van der Waals surface area contributed by atoms with Gasteiger partial charge in [0.1, 0.15) is 6.10 Å². The second kappa shape index (κ2) is 41.6. The molecule has 47 heavy (non-hydrogen) atoms. The van der Waals surface area contributed by atoms with Gasteiger partial charge in [0.05, 0.1) is 13.2 Å². The lowest BCUT2D eigenvalue weighted by Gasteiger charge is -2.16. The number of carbonyl (C=O) groups excluding carboxylic acids is 1. The SMILES string of the molecule is CCCCCCCCCCCCCCCCCCCCCCCCCCCCOCC(CO)OC(=O)CCCCCCCCCCC. The molecule has 0 rings (SSSR count). The Kier molecular flexibility index (Phi) is 41.0. The molecule has 1 N–H and O–H groups in total. The number of hydrogen-bond acceptors (Lipinski definition) is 4. The van der Waals surface area contributed by atoms with E-state index in [2.05, 4.69) is 13.8 Å². The van der Waals surface area contributed by atoms with Crippen molar-refractivity contribution in [2.45, 2.75) is 251 Å². The van der Waals surface area contributed by atoms with Crippen LogP contribution in [0.15, 0.2) is 0 Å². The van der Waals surface area contributed by atoms with Crippen molar-refractivity contribution in [2.75, 3.05) is 19.8 Å². The van der Waals surface area contributed by atoms with Crippen LogP contribution in [0.25, 0.3) is 0 Å². The van der Waals surface area contributed by atoms with Crippen LogP contribution in [0.2, 0.25) is 0 Å². The largest absolute Gasteiger partial charge is 0.457 e. The van der Waals surface area contributed by atoms with Crippen molar-refractivity contribution in [1.82, 2.24) is 0 Å². The van der Waals surface area contributed by atoms with Gasteiger partial charge in [-0.25, -0.2) is 0 Å². The lowest BCUT2D eigenvalue weighted by atomic mass is 10.0. The summed E-state index contributed by atoms with van der Waals surface area (Å²) in [5, 5.41) is 9.55. The van der Waals surface area contributed by atoms with Gasteiger partial charge in [-0.05, 0) is 12.8 Å². The number of carbonyl (C=O) groups is 1. The summed E-state index contributed by atoms with van der Waals surface area (Å²) >= 11 is 0. The molecule has 0 aliphatic heterocycles. The van der Waals surface area contributed by atoms with Crippen LogP contribution in [-0.4, -0.2) is 37.0 Å². The van der Waals surface area contributed by atoms with E-state index in [0.717, 1.165) is 19.3 Å². The number of ether oxygens (including phenoxy) is 2. The standard InChI is InChI=1S/C43H86O4/c1-3-5-7-9-11-13-14-15-16-17-18-19-20-21-22-23-24-25-26-27-28-29-31-33-35-37-39-46-41-42(40-44)47-43(45)38-36-34-32-30-12-10-8-6-4-2/h42,44H,3-41H2,1-2H3. The number of unbranched alkanes of at least 4 members (excludes halogenated alkanes) is 33. The van der Waals surface area contributed by atoms with E-state index in [4.69, 9.17) is 9.47 Å². The Balaban J connectivity index is 3.27. The van der Waals surface area contributed by atoms with Gasteiger partial charge in [0.15, 0.2) is 0 Å². The predicted molar refractivity (Wildman–Crippen MR) is 205 cm³/mol. The highest BCUT2D eigenvalue weighted by atomic mass is 16.6. The first-order chi connectivity index (χ1) is 23.2. The van der Waals surface area contributed by atoms with Gasteiger partial charge in [-0.2, -0.15) is 0 Å². The first kappa shape index (κ1) is 46.4. The minimum absolute atomic E-state index is 0.164. The molecule has 0 spiro atoms. The predicted octanol–water partition coefficient (Wildman–Crippen LogP) is 14.0. The van der Waals surface area contributed by atoms with Gasteiger partial charge in [-0.15, -0.1) is 0 Å². The zero-order valence-electron chi connectivity index (χ0n) is 32.3. The third-order valence-electron chi connectivity index (χ3n) is 9.93. The highest BCUT2D eigenvalue weighted by Gasteiger charge is 2.13. The molecule has 0 radical (unpaired) electrons. The summed E-state index contributed by atoms with van der Waals surface area (Å²) in [7, 11) is 0. The first-order valence-electron chi connectivity index (χ1n) is 21.6. The van der Waals surface area contributed by atoms with Gasteiger partial charge in [-0.1, -0.05) is 226 Å². The zero-order chi connectivity index (χ0) is 34.1. The van der Waals surface area contributed by atoms with Gasteiger partial charge >= 0.3 is 5.97 Å². The van der Waals surface area contributed by atoms with Crippen molar-refractivity contribution in [3.05, 3.63) is 0 Å². The Bertz CT molecular complexity index is 580. The van der Waals surface area contributed by atoms with Crippen LogP contribution in [0.4, 0.5) is 0 Å². The molecular formula is C43H86O4. The highest BCUT2D eigenvalue weighted by molar-refractivity contribution is 5.69. The molecule has 0 heterocycles. The molecule has 4 nitrogen and oxygen atoms in total. The van der Waals surface area contributed by atoms with Gasteiger partial charge < -0.3 is 14.6 Å². The molecule has 0 saturated carbocycles. The topological polar surface area (TPSA) is 55.8 Å². The lowest BCUT2D eigenvalue weighted by Crippen LogP contribution is -2.27. The van der Waals surface area contributed by atoms with Crippen molar-refractivity contribution >= 4 is 5.97 Å². The Morgan fingerprint density at radius 1 is 0.426 bits per heavy atom. The Hall–Kier alpha value is -0.610. The summed E-state index contributed by atoms with van der Waals surface area (Å²) < 4.78 is 11.1. The third kappa shape index (κ3) is 39.7. The number of hydrogen-bond donors (Lipinski definition) is 1. The Morgan fingerprint density at radius 2 is 0.702 bits per heavy atom. The van der Waals surface area contributed by atoms with Gasteiger partial charge in [0.25, 0.3) is 0 Å². The van der Waals surface area contributed by atoms with Gasteiger partial charge in [0, 0.05) is 13.0 Å². The van der Waals surface area contributed by atoms with Crippen LogP contribution in [-0.2, 0) is 14.3 Å². The zero-order valence-corrected chi connectivity index (χ0v) is 32.3. The van der Waals surface area contributed by atoms with E-state index < -0.39 is 6.10 Å². The average molecular weight is 667 g/mol. The van der Waals surface area contributed by atoms with E-state index >= 15 is 0 Å². The summed E-state index contributed by atoms with van der Waals surface area (Å²) in [4.78, 5) is 12.1. The maximum atomic E-state index is 12.1. The highest BCUT2D eigenvalue weighted by Crippen LogP contribution is 2.16. The number of aliphatic hydroxyl groups excluding tert-OH is 1. The molecule has 0 fully saturated rings. The fraction of sp³-hybridized carbons (Fsp3) is 0.977. The van der Waals surface area contributed by atoms with Gasteiger partial charge in [0.2, 0.25) is 0 Å². The van der Waals surface area contributed by atoms with E-state index in [1.54, 1.807) is 0 Å². The molecule has 0 amide bonds. The minimum Gasteiger partial charge on any atom is -0.457 e. The summed E-state index contributed by atoms with van der Waals surface area (Å²) in [6.45, 7) is 5.37. The Labute approximate surface area is 295 Å². The maximum absolute atomic E-state index is 12.1. The maximum Gasteiger partial charge on any atom is 0.306 e. The van der Waals surface area contributed by atoms with Crippen LogP contribution in [0.1, 0.15) is 245 Å². The third-order valence-corrected chi connectivity index (χ3v) is 9.93. The first-order valence-corrected chi connectivity index (χ1v) is 21.6. The van der Waals surface area contributed by atoms with E-state index in [1.807, 2.05) is 0 Å². The smallest absolute Gasteiger partial charge is 0.306 e. The summed E-state index contributed by atoms with van der Waals surface area (Å²) in [6.07, 6.45) is 47.6. The average Bonchev–Trinajstić information content (AvgIpc) is 3.08. The molecule has 0 aromatic carbocycles. The fourth-order valence-electron chi connectivity index (χ4n) is 6.68. The molecule has 282 valence electrons. The molecule has 1 atom stereocenters. The van der Waals surface area contributed by atoms with Gasteiger partial charge in [-0.3, -0.25) is 4.79 Å². The normalized spacial score (nSPS) is 12.1. The molecular weight excluding hydrogens is 580 g/mol. The van der Waals surface area contributed by atoms with Crippen LogP contribution in [0, 0.1) is 0 Å². The summed E-state index contributed by atoms with van der Waals surface area (Å²) in [5.74, 6) is -0.198. The van der Waals surface area contributed by atoms with E-state index in [-0.39, 0.29) is 12.6 Å². The quantitative estimate of drug-likeness (QED) is 0.0521. The second-order valence-corrected chi connectivity index (χ2v) is 14.8. The van der Waals surface area contributed by atoms with Crippen LogP contribution < -0.4 is 0 Å². The van der Waals surface area contributed by atoms with Crippen molar-refractivity contribution in [2.24, 2.45) is 0 Å². The van der Waals surface area contributed by atoms with Crippen LogP contribution in [0.5, 0.6) is 0 Å². The molecule has 1 unspecified atom stereocenters. The molecule has 0 aliphatic rings. The van der Waals surface area contributed by atoms with Crippen LogP contribution >= 0.6 is 0 Å². The molecule has 0 saturated heterocycles. The monoisotopic (exact) mass is 667 g/mol. The molecule has 0 aromatic heterocycles. The molecule has 4 heteroatoms. The molecule has 0 bridgehead atoms. The van der Waals surface area contributed by atoms with Crippen molar-refractivity contribution in [3.63, 3.8) is 0 Å². The van der Waals surface area contributed by atoms with Crippen LogP contribution in [0.3, 0.4) is 0 Å². The number of rotatable bonds is 41. The molecule has 0 aromatic rings. The minimum atomic E-state index is -0.523. The fourth-order valence-corrected chi connectivity index (χ4v) is 6.68. The summed E-state index contributed by atoms with van der Waals surface area (Å²) in [6, 6.07) is 0. The van der Waals surface area contributed by atoms with Crippen molar-refractivity contribution in [3.8, 4) is 0 Å².